The second-order valence-corrected chi connectivity index (χ2v) is 8.17. The van der Waals surface area contributed by atoms with Crippen molar-refractivity contribution >= 4 is 0 Å². The summed E-state index contributed by atoms with van der Waals surface area (Å²) in [5, 5.41) is 0. The molecule has 4 rings (SSSR count). The van der Waals surface area contributed by atoms with Crippen molar-refractivity contribution in [1.82, 2.24) is 0 Å². The average molecular weight is 271 g/mol. The topological polar surface area (TPSA) is 26.0 Å². The predicted molar refractivity (Wildman–Crippen MR) is 84.2 cm³/mol. The van der Waals surface area contributed by atoms with E-state index in [4.69, 9.17) is 5.73 Å². The number of hydrogen-bond acceptors (Lipinski definition) is 1. The number of fused-ring (bicyclic) bond motifs is 5. The van der Waals surface area contributed by atoms with E-state index in [1.54, 1.807) is 0 Å². The van der Waals surface area contributed by atoms with Crippen LogP contribution in [-0.2, 0) is 0 Å². The quantitative estimate of drug-likeness (QED) is 0.756. The van der Waals surface area contributed by atoms with Crippen LogP contribution in [0.5, 0.6) is 0 Å². The normalized spacial score (nSPS) is 53.3. The molecule has 3 saturated carbocycles. The highest BCUT2D eigenvalue weighted by molar-refractivity contribution is 5.23. The van der Waals surface area contributed by atoms with Gasteiger partial charge in [0.15, 0.2) is 0 Å². The SMILES string of the molecule is C[C@]12C=CC=CC1CC[C@H]1[C@@H]3CCC[C@@]3(CN)CC[C@@H]12. The lowest BCUT2D eigenvalue weighted by atomic mass is 9.47. The molecule has 4 aliphatic rings. The van der Waals surface area contributed by atoms with Crippen molar-refractivity contribution in [2.24, 2.45) is 40.2 Å². The van der Waals surface area contributed by atoms with Crippen molar-refractivity contribution in [2.45, 2.75) is 51.9 Å². The van der Waals surface area contributed by atoms with E-state index in [1.807, 2.05) is 0 Å². The molecule has 0 saturated heterocycles. The molecule has 0 aromatic rings. The molecule has 3 fully saturated rings. The average Bonchev–Trinajstić information content (AvgIpc) is 2.91. The van der Waals surface area contributed by atoms with E-state index in [0.717, 1.165) is 30.2 Å². The van der Waals surface area contributed by atoms with Gasteiger partial charge in [-0.1, -0.05) is 37.6 Å². The summed E-state index contributed by atoms with van der Waals surface area (Å²) < 4.78 is 0. The second-order valence-electron chi connectivity index (χ2n) is 8.17. The summed E-state index contributed by atoms with van der Waals surface area (Å²) in [5.74, 6) is 3.58. The van der Waals surface area contributed by atoms with E-state index >= 15 is 0 Å². The first-order chi connectivity index (χ1) is 9.70. The maximum atomic E-state index is 6.24. The summed E-state index contributed by atoms with van der Waals surface area (Å²) in [6.45, 7) is 3.48. The smallest absolute Gasteiger partial charge is 0.00178 e. The van der Waals surface area contributed by atoms with Gasteiger partial charge in [0.1, 0.15) is 0 Å². The van der Waals surface area contributed by atoms with Crippen LogP contribution in [0.2, 0.25) is 0 Å². The van der Waals surface area contributed by atoms with Crippen LogP contribution < -0.4 is 5.73 Å². The molecule has 0 bridgehead atoms. The van der Waals surface area contributed by atoms with Gasteiger partial charge in [0, 0.05) is 0 Å². The van der Waals surface area contributed by atoms with Gasteiger partial charge in [-0.05, 0) is 79.6 Å². The Balaban J connectivity index is 1.68. The third kappa shape index (κ3) is 1.59. The van der Waals surface area contributed by atoms with Crippen LogP contribution in [0.25, 0.3) is 0 Å². The van der Waals surface area contributed by atoms with Gasteiger partial charge in [0.25, 0.3) is 0 Å². The number of nitrogens with two attached hydrogens (primary N) is 1. The minimum Gasteiger partial charge on any atom is -0.330 e. The van der Waals surface area contributed by atoms with Crippen LogP contribution in [0.4, 0.5) is 0 Å². The first kappa shape index (κ1) is 13.1. The molecule has 1 heteroatoms. The van der Waals surface area contributed by atoms with Crippen LogP contribution in [0.1, 0.15) is 51.9 Å². The Bertz CT molecular complexity index is 451. The van der Waals surface area contributed by atoms with Gasteiger partial charge in [0.2, 0.25) is 0 Å². The molecule has 6 atom stereocenters. The zero-order valence-corrected chi connectivity index (χ0v) is 12.9. The molecule has 110 valence electrons. The van der Waals surface area contributed by atoms with Crippen LogP contribution in [0.15, 0.2) is 24.3 Å². The molecule has 0 spiro atoms. The van der Waals surface area contributed by atoms with E-state index < -0.39 is 0 Å². The van der Waals surface area contributed by atoms with Crippen molar-refractivity contribution < 1.29 is 0 Å². The van der Waals surface area contributed by atoms with Crippen molar-refractivity contribution in [2.75, 3.05) is 6.54 Å². The molecule has 0 radical (unpaired) electrons. The lowest BCUT2D eigenvalue weighted by molar-refractivity contribution is -0.0572. The number of hydrogen-bond donors (Lipinski definition) is 1. The molecular formula is C19H29N. The molecule has 0 aromatic heterocycles. The largest absolute Gasteiger partial charge is 0.330 e. The van der Waals surface area contributed by atoms with Crippen molar-refractivity contribution in [3.63, 3.8) is 0 Å². The second kappa shape index (κ2) is 4.47. The molecule has 1 unspecified atom stereocenters. The zero-order chi connectivity index (χ0) is 13.8. The van der Waals surface area contributed by atoms with E-state index in [9.17, 15) is 0 Å². The fourth-order valence-corrected chi connectivity index (χ4v) is 6.58. The number of allylic oxidation sites excluding steroid dienone is 4. The monoisotopic (exact) mass is 271 g/mol. The summed E-state index contributed by atoms with van der Waals surface area (Å²) in [4.78, 5) is 0. The molecule has 0 aliphatic heterocycles. The fraction of sp³-hybridized carbons (Fsp3) is 0.789. The van der Waals surface area contributed by atoms with Gasteiger partial charge in [0.05, 0.1) is 0 Å². The lowest BCUT2D eigenvalue weighted by Gasteiger charge is -2.58. The Labute approximate surface area is 123 Å². The Hall–Kier alpha value is -0.560. The first-order valence-electron chi connectivity index (χ1n) is 8.76. The third-order valence-corrected chi connectivity index (χ3v) is 7.69. The Morgan fingerprint density at radius 2 is 1.95 bits per heavy atom. The third-order valence-electron chi connectivity index (χ3n) is 7.69. The van der Waals surface area contributed by atoms with Crippen LogP contribution in [0.3, 0.4) is 0 Å². The fourth-order valence-electron chi connectivity index (χ4n) is 6.58. The van der Waals surface area contributed by atoms with Crippen molar-refractivity contribution in [3.8, 4) is 0 Å². The Morgan fingerprint density at radius 1 is 1.05 bits per heavy atom. The minimum atomic E-state index is 0.432. The van der Waals surface area contributed by atoms with E-state index in [-0.39, 0.29) is 0 Å². The minimum absolute atomic E-state index is 0.432. The maximum Gasteiger partial charge on any atom is -0.00178 e. The molecule has 0 heterocycles. The van der Waals surface area contributed by atoms with Crippen molar-refractivity contribution in [3.05, 3.63) is 24.3 Å². The van der Waals surface area contributed by atoms with Crippen LogP contribution >= 0.6 is 0 Å². The molecule has 2 N–H and O–H groups in total. The molecule has 20 heavy (non-hydrogen) atoms. The lowest BCUT2D eigenvalue weighted by Crippen LogP contribution is -2.52. The van der Waals surface area contributed by atoms with E-state index in [1.165, 1.54) is 44.9 Å². The van der Waals surface area contributed by atoms with Crippen LogP contribution in [-0.4, -0.2) is 6.54 Å². The van der Waals surface area contributed by atoms with Crippen LogP contribution in [0, 0.1) is 34.5 Å². The van der Waals surface area contributed by atoms with Gasteiger partial charge < -0.3 is 5.73 Å². The van der Waals surface area contributed by atoms with Gasteiger partial charge >= 0.3 is 0 Å². The molecule has 0 aromatic carbocycles. The number of rotatable bonds is 1. The highest BCUT2D eigenvalue weighted by atomic mass is 14.7. The summed E-state index contributed by atoms with van der Waals surface area (Å²) in [6.07, 6.45) is 19.6. The zero-order valence-electron chi connectivity index (χ0n) is 12.9. The Morgan fingerprint density at radius 3 is 2.80 bits per heavy atom. The predicted octanol–water partition coefficient (Wildman–Crippen LogP) is 4.30. The standard InChI is InChI=1S/C19H29N/c1-18-10-3-2-5-14(18)7-8-15-16(18)9-12-19(13-20)11-4-6-17(15)19/h2-3,5,10,14-17H,4,6-9,11-13,20H2,1H3/t14?,15-,16+,17+,18+,19+/m1/s1. The van der Waals surface area contributed by atoms with Gasteiger partial charge in [-0.25, -0.2) is 0 Å². The van der Waals surface area contributed by atoms with Crippen molar-refractivity contribution in [1.29, 1.82) is 0 Å². The van der Waals surface area contributed by atoms with Gasteiger partial charge in [-0.2, -0.15) is 0 Å². The molecule has 4 aliphatic carbocycles. The Kier molecular flexibility index (Phi) is 2.93. The molecular weight excluding hydrogens is 242 g/mol. The van der Waals surface area contributed by atoms with E-state index in [0.29, 0.717) is 10.8 Å². The molecule has 1 nitrogen and oxygen atoms in total. The summed E-state index contributed by atoms with van der Waals surface area (Å²) >= 11 is 0. The summed E-state index contributed by atoms with van der Waals surface area (Å²) in [6, 6.07) is 0. The van der Waals surface area contributed by atoms with Gasteiger partial charge in [-0.3, -0.25) is 0 Å². The van der Waals surface area contributed by atoms with E-state index in [2.05, 4.69) is 31.2 Å². The summed E-state index contributed by atoms with van der Waals surface area (Å²) in [5.41, 5.74) is 7.20. The molecule has 0 amide bonds. The van der Waals surface area contributed by atoms with Gasteiger partial charge in [-0.15, -0.1) is 0 Å². The first-order valence-corrected chi connectivity index (χ1v) is 8.76. The highest BCUT2D eigenvalue weighted by Crippen LogP contribution is 2.64. The summed E-state index contributed by atoms with van der Waals surface area (Å²) in [7, 11) is 0. The maximum absolute atomic E-state index is 6.24. The highest BCUT2D eigenvalue weighted by Gasteiger charge is 2.57.